The molecule has 0 unspecified atom stereocenters. The zero-order valence-corrected chi connectivity index (χ0v) is 8.22. The highest BCUT2D eigenvalue weighted by Gasteiger charge is 2.14. The first-order valence-corrected chi connectivity index (χ1v) is 4.92. The SMILES string of the molecule is NCc1ccc(N2CCC2)cc1Cl. The first kappa shape index (κ1) is 8.85. The van der Waals surface area contributed by atoms with Crippen LogP contribution in [-0.2, 0) is 6.54 Å². The average Bonchev–Trinajstić information content (AvgIpc) is 2.01. The lowest BCUT2D eigenvalue weighted by atomic mass is 10.1. The second kappa shape index (κ2) is 3.56. The first-order chi connectivity index (χ1) is 6.31. The summed E-state index contributed by atoms with van der Waals surface area (Å²) >= 11 is 6.05. The largest absolute Gasteiger partial charge is 0.371 e. The molecule has 1 fully saturated rings. The van der Waals surface area contributed by atoms with Crippen LogP contribution in [0.25, 0.3) is 0 Å². The molecule has 70 valence electrons. The number of nitrogens with zero attached hydrogens (tertiary/aromatic N) is 1. The third-order valence-corrected chi connectivity index (χ3v) is 2.83. The van der Waals surface area contributed by atoms with E-state index in [4.69, 9.17) is 17.3 Å². The molecule has 0 atom stereocenters. The van der Waals surface area contributed by atoms with Crippen molar-refractivity contribution in [3.63, 3.8) is 0 Å². The molecule has 1 aromatic carbocycles. The van der Waals surface area contributed by atoms with Gasteiger partial charge in [0, 0.05) is 30.3 Å². The van der Waals surface area contributed by atoms with E-state index in [1.807, 2.05) is 12.1 Å². The van der Waals surface area contributed by atoms with Crippen molar-refractivity contribution in [2.75, 3.05) is 18.0 Å². The summed E-state index contributed by atoms with van der Waals surface area (Å²) in [6.45, 7) is 2.82. The molecule has 1 saturated heterocycles. The number of hydrogen-bond acceptors (Lipinski definition) is 2. The highest BCUT2D eigenvalue weighted by molar-refractivity contribution is 6.31. The smallest absolute Gasteiger partial charge is 0.0471 e. The van der Waals surface area contributed by atoms with Crippen molar-refractivity contribution in [1.29, 1.82) is 0 Å². The Hall–Kier alpha value is -0.730. The number of rotatable bonds is 2. The topological polar surface area (TPSA) is 29.3 Å². The quantitative estimate of drug-likeness (QED) is 0.784. The molecule has 13 heavy (non-hydrogen) atoms. The number of nitrogens with two attached hydrogens (primary N) is 1. The molecule has 2 nitrogen and oxygen atoms in total. The van der Waals surface area contributed by atoms with Crippen LogP contribution >= 0.6 is 11.6 Å². The summed E-state index contributed by atoms with van der Waals surface area (Å²) in [5.41, 5.74) is 7.76. The van der Waals surface area contributed by atoms with E-state index in [0.717, 1.165) is 23.7 Å². The summed E-state index contributed by atoms with van der Waals surface area (Å²) in [6.07, 6.45) is 1.29. The van der Waals surface area contributed by atoms with E-state index in [1.165, 1.54) is 12.1 Å². The van der Waals surface area contributed by atoms with Gasteiger partial charge in [-0.3, -0.25) is 0 Å². The zero-order valence-electron chi connectivity index (χ0n) is 7.46. The zero-order chi connectivity index (χ0) is 9.26. The molecule has 0 saturated carbocycles. The Kier molecular flexibility index (Phi) is 2.42. The molecule has 1 aromatic rings. The molecule has 3 heteroatoms. The van der Waals surface area contributed by atoms with Crippen LogP contribution in [0.15, 0.2) is 18.2 Å². The number of anilines is 1. The van der Waals surface area contributed by atoms with E-state index in [9.17, 15) is 0 Å². The molecular weight excluding hydrogens is 184 g/mol. The lowest BCUT2D eigenvalue weighted by Gasteiger charge is -2.33. The molecule has 1 aliphatic rings. The fraction of sp³-hybridized carbons (Fsp3) is 0.400. The van der Waals surface area contributed by atoms with E-state index in [1.54, 1.807) is 0 Å². The Morgan fingerprint density at radius 3 is 2.62 bits per heavy atom. The highest BCUT2D eigenvalue weighted by Crippen LogP contribution is 2.26. The molecule has 0 radical (unpaired) electrons. The molecule has 0 bridgehead atoms. The first-order valence-electron chi connectivity index (χ1n) is 4.54. The minimum atomic E-state index is 0.513. The summed E-state index contributed by atoms with van der Waals surface area (Å²) in [4.78, 5) is 2.31. The van der Waals surface area contributed by atoms with Crippen LogP contribution in [0.5, 0.6) is 0 Å². The predicted molar refractivity (Wildman–Crippen MR) is 56.2 cm³/mol. The Balaban J connectivity index is 2.24. The maximum Gasteiger partial charge on any atom is 0.0471 e. The van der Waals surface area contributed by atoms with Gasteiger partial charge in [-0.2, -0.15) is 0 Å². The Morgan fingerprint density at radius 1 is 1.38 bits per heavy atom. The fourth-order valence-electron chi connectivity index (χ4n) is 1.47. The third kappa shape index (κ3) is 1.64. The Labute approximate surface area is 83.3 Å². The minimum Gasteiger partial charge on any atom is -0.371 e. The highest BCUT2D eigenvalue weighted by atomic mass is 35.5. The Bertz CT molecular complexity index is 308. The van der Waals surface area contributed by atoms with Gasteiger partial charge in [-0.25, -0.2) is 0 Å². The second-order valence-electron chi connectivity index (χ2n) is 3.32. The van der Waals surface area contributed by atoms with Gasteiger partial charge in [0.2, 0.25) is 0 Å². The summed E-state index contributed by atoms with van der Waals surface area (Å²) < 4.78 is 0. The van der Waals surface area contributed by atoms with Crippen molar-refractivity contribution in [2.24, 2.45) is 5.73 Å². The van der Waals surface area contributed by atoms with Crippen LogP contribution < -0.4 is 10.6 Å². The van der Waals surface area contributed by atoms with Gasteiger partial charge >= 0.3 is 0 Å². The van der Waals surface area contributed by atoms with Crippen LogP contribution in [0.2, 0.25) is 5.02 Å². The van der Waals surface area contributed by atoms with E-state index < -0.39 is 0 Å². The van der Waals surface area contributed by atoms with Gasteiger partial charge in [-0.15, -0.1) is 0 Å². The lowest BCUT2D eigenvalue weighted by Crippen LogP contribution is -2.36. The van der Waals surface area contributed by atoms with Crippen molar-refractivity contribution >= 4 is 17.3 Å². The van der Waals surface area contributed by atoms with Crippen molar-refractivity contribution in [3.8, 4) is 0 Å². The molecule has 0 aromatic heterocycles. The van der Waals surface area contributed by atoms with Gasteiger partial charge in [0.15, 0.2) is 0 Å². The van der Waals surface area contributed by atoms with Crippen LogP contribution in [-0.4, -0.2) is 13.1 Å². The number of halogens is 1. The Morgan fingerprint density at radius 2 is 2.15 bits per heavy atom. The molecular formula is C10H13ClN2. The van der Waals surface area contributed by atoms with Gasteiger partial charge in [-0.1, -0.05) is 17.7 Å². The van der Waals surface area contributed by atoms with Gasteiger partial charge in [0.1, 0.15) is 0 Å². The third-order valence-electron chi connectivity index (χ3n) is 2.48. The van der Waals surface area contributed by atoms with Gasteiger partial charge in [-0.05, 0) is 24.1 Å². The van der Waals surface area contributed by atoms with Crippen LogP contribution in [0.1, 0.15) is 12.0 Å². The van der Waals surface area contributed by atoms with E-state index >= 15 is 0 Å². The lowest BCUT2D eigenvalue weighted by molar-refractivity contribution is 0.617. The maximum absolute atomic E-state index is 6.05. The molecule has 1 heterocycles. The monoisotopic (exact) mass is 196 g/mol. The van der Waals surface area contributed by atoms with Crippen molar-refractivity contribution in [2.45, 2.75) is 13.0 Å². The van der Waals surface area contributed by atoms with E-state index in [2.05, 4.69) is 11.0 Å². The second-order valence-corrected chi connectivity index (χ2v) is 3.73. The summed E-state index contributed by atoms with van der Waals surface area (Å²) in [6, 6.07) is 6.10. The van der Waals surface area contributed by atoms with Crippen molar-refractivity contribution in [3.05, 3.63) is 28.8 Å². The standard InChI is InChI=1S/C10H13ClN2/c11-10-6-9(13-4-1-5-13)3-2-8(10)7-12/h2-3,6H,1,4-5,7,12H2. The average molecular weight is 197 g/mol. The molecule has 0 amide bonds. The van der Waals surface area contributed by atoms with Crippen LogP contribution in [0, 0.1) is 0 Å². The molecule has 2 N–H and O–H groups in total. The van der Waals surface area contributed by atoms with E-state index in [0.29, 0.717) is 6.54 Å². The molecule has 0 spiro atoms. The molecule has 1 aliphatic heterocycles. The molecule has 0 aliphatic carbocycles. The van der Waals surface area contributed by atoms with Gasteiger partial charge in [0.05, 0.1) is 0 Å². The minimum absolute atomic E-state index is 0.513. The summed E-state index contributed by atoms with van der Waals surface area (Å²) in [5.74, 6) is 0. The summed E-state index contributed by atoms with van der Waals surface area (Å²) in [7, 11) is 0. The maximum atomic E-state index is 6.05. The van der Waals surface area contributed by atoms with Gasteiger partial charge < -0.3 is 10.6 Å². The number of benzene rings is 1. The van der Waals surface area contributed by atoms with Gasteiger partial charge in [0.25, 0.3) is 0 Å². The van der Waals surface area contributed by atoms with Crippen molar-refractivity contribution < 1.29 is 0 Å². The van der Waals surface area contributed by atoms with Crippen LogP contribution in [0.4, 0.5) is 5.69 Å². The normalized spacial score (nSPS) is 15.7. The predicted octanol–water partition coefficient (Wildman–Crippen LogP) is 2.01. The summed E-state index contributed by atoms with van der Waals surface area (Å²) in [5, 5.41) is 0.784. The van der Waals surface area contributed by atoms with E-state index in [-0.39, 0.29) is 0 Å². The molecule has 2 rings (SSSR count). The number of hydrogen-bond donors (Lipinski definition) is 1. The van der Waals surface area contributed by atoms with Crippen LogP contribution in [0.3, 0.4) is 0 Å². The van der Waals surface area contributed by atoms with Crippen molar-refractivity contribution in [1.82, 2.24) is 0 Å². The fourth-order valence-corrected chi connectivity index (χ4v) is 1.72.